The minimum Gasteiger partial charge on any atom is -0.381 e. The maximum Gasteiger partial charge on any atom is 0.0506 e. The second-order valence-electron chi connectivity index (χ2n) is 5.46. The predicted octanol–water partition coefficient (Wildman–Crippen LogP) is 3.01. The fourth-order valence-corrected chi connectivity index (χ4v) is 3.26. The molecule has 0 spiro atoms. The third-order valence-electron chi connectivity index (χ3n) is 3.51. The fraction of sp³-hybridized carbons (Fsp3) is 1.00. The first-order valence-corrected chi connectivity index (χ1v) is 7.58. The van der Waals surface area contributed by atoms with Gasteiger partial charge < -0.3 is 9.64 Å². The summed E-state index contributed by atoms with van der Waals surface area (Å²) in [6.07, 6.45) is 2.58. The van der Waals surface area contributed by atoms with E-state index in [4.69, 9.17) is 4.74 Å². The third-order valence-corrected chi connectivity index (χ3v) is 4.34. The van der Waals surface area contributed by atoms with Gasteiger partial charge in [0.2, 0.25) is 0 Å². The Labute approximate surface area is 109 Å². The quantitative estimate of drug-likeness (QED) is 0.698. The van der Waals surface area contributed by atoms with Crippen molar-refractivity contribution in [1.29, 1.82) is 0 Å². The van der Waals surface area contributed by atoms with Crippen LogP contribution in [0.2, 0.25) is 0 Å². The number of alkyl halides is 1. The first kappa shape index (κ1) is 14.5. The van der Waals surface area contributed by atoms with E-state index in [9.17, 15) is 0 Å². The summed E-state index contributed by atoms with van der Waals surface area (Å²) < 4.78 is 5.53. The van der Waals surface area contributed by atoms with E-state index >= 15 is 0 Å². The van der Waals surface area contributed by atoms with E-state index in [0.717, 1.165) is 36.3 Å². The SMILES string of the molecule is CC(C)C(CBr)CN(C)CC1CCCOC1. The summed E-state index contributed by atoms with van der Waals surface area (Å²) in [6, 6.07) is 0. The molecule has 0 radical (unpaired) electrons. The Morgan fingerprint density at radius 2 is 2.19 bits per heavy atom. The molecule has 0 bridgehead atoms. The van der Waals surface area contributed by atoms with Crippen LogP contribution in [0.1, 0.15) is 26.7 Å². The topological polar surface area (TPSA) is 12.5 Å². The molecule has 2 unspecified atom stereocenters. The lowest BCUT2D eigenvalue weighted by Crippen LogP contribution is -2.35. The smallest absolute Gasteiger partial charge is 0.0506 e. The first-order chi connectivity index (χ1) is 7.63. The molecule has 2 atom stereocenters. The summed E-state index contributed by atoms with van der Waals surface area (Å²) in [7, 11) is 2.24. The van der Waals surface area contributed by atoms with Crippen molar-refractivity contribution in [2.45, 2.75) is 26.7 Å². The molecule has 3 heteroatoms. The zero-order valence-corrected chi connectivity index (χ0v) is 12.5. The molecule has 0 aromatic carbocycles. The molecule has 0 N–H and O–H groups in total. The van der Waals surface area contributed by atoms with Gasteiger partial charge in [-0.2, -0.15) is 0 Å². The van der Waals surface area contributed by atoms with Crippen molar-refractivity contribution in [2.75, 3.05) is 38.7 Å². The van der Waals surface area contributed by atoms with E-state index < -0.39 is 0 Å². The highest BCUT2D eigenvalue weighted by atomic mass is 79.9. The van der Waals surface area contributed by atoms with Crippen LogP contribution in [0.25, 0.3) is 0 Å². The second kappa shape index (κ2) is 7.67. The summed E-state index contributed by atoms with van der Waals surface area (Å²) in [5, 5.41) is 1.11. The predicted molar refractivity (Wildman–Crippen MR) is 73.2 cm³/mol. The van der Waals surface area contributed by atoms with Gasteiger partial charge in [0.25, 0.3) is 0 Å². The largest absolute Gasteiger partial charge is 0.381 e. The molecule has 1 rings (SSSR count). The lowest BCUT2D eigenvalue weighted by Gasteiger charge is -2.30. The van der Waals surface area contributed by atoms with Crippen LogP contribution in [0.15, 0.2) is 0 Å². The summed E-state index contributed by atoms with van der Waals surface area (Å²) in [5.41, 5.74) is 0. The van der Waals surface area contributed by atoms with Crippen LogP contribution in [0.3, 0.4) is 0 Å². The maximum atomic E-state index is 5.53. The Morgan fingerprint density at radius 1 is 1.44 bits per heavy atom. The van der Waals surface area contributed by atoms with Gasteiger partial charge in [0, 0.05) is 25.0 Å². The number of hydrogen-bond donors (Lipinski definition) is 0. The minimum absolute atomic E-state index is 0.752. The van der Waals surface area contributed by atoms with Gasteiger partial charge in [-0.05, 0) is 37.6 Å². The van der Waals surface area contributed by atoms with Gasteiger partial charge in [-0.3, -0.25) is 0 Å². The molecule has 96 valence electrons. The lowest BCUT2D eigenvalue weighted by atomic mass is 9.96. The van der Waals surface area contributed by atoms with Crippen molar-refractivity contribution in [2.24, 2.45) is 17.8 Å². The third kappa shape index (κ3) is 5.15. The summed E-state index contributed by atoms with van der Waals surface area (Å²) in [5.74, 6) is 2.26. The van der Waals surface area contributed by atoms with Crippen LogP contribution in [0, 0.1) is 17.8 Å². The molecular formula is C13H26BrNO. The molecule has 16 heavy (non-hydrogen) atoms. The molecular weight excluding hydrogens is 266 g/mol. The molecule has 0 saturated carbocycles. The normalized spacial score (nSPS) is 24.0. The van der Waals surface area contributed by atoms with Crippen molar-refractivity contribution in [3.05, 3.63) is 0 Å². The van der Waals surface area contributed by atoms with Crippen molar-refractivity contribution in [3.63, 3.8) is 0 Å². The Balaban J connectivity index is 2.25. The van der Waals surface area contributed by atoms with Crippen molar-refractivity contribution in [3.8, 4) is 0 Å². The van der Waals surface area contributed by atoms with Crippen molar-refractivity contribution < 1.29 is 4.74 Å². The number of halogens is 1. The van der Waals surface area contributed by atoms with Crippen LogP contribution < -0.4 is 0 Å². The molecule has 1 aliphatic rings. The molecule has 0 amide bonds. The van der Waals surface area contributed by atoms with Crippen LogP contribution in [-0.2, 0) is 4.74 Å². The molecule has 1 saturated heterocycles. The average molecular weight is 292 g/mol. The maximum absolute atomic E-state index is 5.53. The number of hydrogen-bond acceptors (Lipinski definition) is 2. The standard InChI is InChI=1S/C13H26BrNO/c1-11(2)13(7-14)9-15(3)8-12-5-4-6-16-10-12/h11-13H,4-10H2,1-3H3. The van der Waals surface area contributed by atoms with Gasteiger partial charge in [0.05, 0.1) is 6.61 Å². The first-order valence-electron chi connectivity index (χ1n) is 6.45. The minimum atomic E-state index is 0.752. The van der Waals surface area contributed by atoms with Crippen LogP contribution in [0.4, 0.5) is 0 Å². The van der Waals surface area contributed by atoms with E-state index in [1.54, 1.807) is 0 Å². The summed E-state index contributed by atoms with van der Waals surface area (Å²) in [6.45, 7) is 8.93. The van der Waals surface area contributed by atoms with Crippen molar-refractivity contribution >= 4 is 15.9 Å². The van der Waals surface area contributed by atoms with E-state index in [2.05, 4.69) is 41.7 Å². The van der Waals surface area contributed by atoms with Crippen molar-refractivity contribution in [1.82, 2.24) is 4.90 Å². The monoisotopic (exact) mass is 291 g/mol. The summed E-state index contributed by atoms with van der Waals surface area (Å²) >= 11 is 3.62. The Hall–Kier alpha value is 0.400. The van der Waals surface area contributed by atoms with Gasteiger partial charge in [0.1, 0.15) is 0 Å². The van der Waals surface area contributed by atoms with E-state index in [1.165, 1.54) is 25.9 Å². The summed E-state index contributed by atoms with van der Waals surface area (Å²) in [4.78, 5) is 2.48. The Kier molecular flexibility index (Phi) is 6.94. The number of rotatable bonds is 6. The van der Waals surface area contributed by atoms with Crippen LogP contribution in [0.5, 0.6) is 0 Å². The number of ether oxygens (including phenoxy) is 1. The molecule has 1 fully saturated rings. The van der Waals surface area contributed by atoms with Gasteiger partial charge in [-0.25, -0.2) is 0 Å². The van der Waals surface area contributed by atoms with Gasteiger partial charge >= 0.3 is 0 Å². The highest BCUT2D eigenvalue weighted by molar-refractivity contribution is 9.09. The molecule has 1 aliphatic heterocycles. The van der Waals surface area contributed by atoms with E-state index in [1.807, 2.05) is 0 Å². The van der Waals surface area contributed by atoms with Gasteiger partial charge in [0.15, 0.2) is 0 Å². The highest BCUT2D eigenvalue weighted by Gasteiger charge is 2.19. The molecule has 0 aromatic rings. The average Bonchev–Trinajstić information content (AvgIpc) is 2.27. The van der Waals surface area contributed by atoms with Gasteiger partial charge in [-0.15, -0.1) is 0 Å². The Morgan fingerprint density at radius 3 is 2.69 bits per heavy atom. The zero-order chi connectivity index (χ0) is 12.0. The van der Waals surface area contributed by atoms with E-state index in [-0.39, 0.29) is 0 Å². The fourth-order valence-electron chi connectivity index (χ4n) is 2.30. The van der Waals surface area contributed by atoms with Crippen LogP contribution >= 0.6 is 15.9 Å². The van der Waals surface area contributed by atoms with Crippen LogP contribution in [-0.4, -0.2) is 43.6 Å². The Bertz CT molecular complexity index is 181. The zero-order valence-electron chi connectivity index (χ0n) is 10.9. The lowest BCUT2D eigenvalue weighted by molar-refractivity contribution is 0.0397. The molecule has 0 aliphatic carbocycles. The second-order valence-corrected chi connectivity index (χ2v) is 6.11. The molecule has 0 aromatic heterocycles. The van der Waals surface area contributed by atoms with E-state index in [0.29, 0.717) is 0 Å². The highest BCUT2D eigenvalue weighted by Crippen LogP contribution is 2.18. The molecule has 1 heterocycles. The van der Waals surface area contributed by atoms with Gasteiger partial charge in [-0.1, -0.05) is 29.8 Å². The number of nitrogens with zero attached hydrogens (tertiary/aromatic N) is 1. The molecule has 2 nitrogen and oxygen atoms in total.